The number of morpholine rings is 1. The van der Waals surface area contributed by atoms with Crippen LogP contribution in [0.4, 0.5) is 0 Å². The molecular formula is C13H22N2O3S. The summed E-state index contributed by atoms with van der Waals surface area (Å²) in [5, 5.41) is 0.138. The van der Waals surface area contributed by atoms with E-state index in [0.717, 1.165) is 51.7 Å². The van der Waals surface area contributed by atoms with E-state index in [4.69, 9.17) is 4.74 Å². The Hall–Kier alpha value is -0.590. The summed E-state index contributed by atoms with van der Waals surface area (Å²) in [6.45, 7) is 7.65. The average Bonchev–Trinajstić information content (AvgIpc) is 2.76. The van der Waals surface area contributed by atoms with Gasteiger partial charge in [-0.25, -0.2) is 0 Å². The topological polar surface area (TPSA) is 49.9 Å². The summed E-state index contributed by atoms with van der Waals surface area (Å²) >= 11 is 1.33. The number of carbonyl (C=O) groups is 2. The molecule has 0 radical (unpaired) electrons. The lowest BCUT2D eigenvalue weighted by Crippen LogP contribution is -2.41. The van der Waals surface area contributed by atoms with Crippen molar-refractivity contribution in [3.8, 4) is 0 Å². The smallest absolute Gasteiger partial charge is 0.222 e. The SMILES string of the molecule is CC(=O)SCC1CC(=O)N(CCN2CCOCC2)C1. The zero-order valence-corrected chi connectivity index (χ0v) is 12.3. The molecule has 5 nitrogen and oxygen atoms in total. The van der Waals surface area contributed by atoms with Crippen LogP contribution < -0.4 is 0 Å². The number of ether oxygens (including phenoxy) is 1. The minimum atomic E-state index is 0.138. The van der Waals surface area contributed by atoms with E-state index in [-0.39, 0.29) is 11.0 Å². The van der Waals surface area contributed by atoms with Gasteiger partial charge in [0.15, 0.2) is 5.12 Å². The summed E-state index contributed by atoms with van der Waals surface area (Å²) in [4.78, 5) is 27.1. The van der Waals surface area contributed by atoms with Crippen LogP contribution in [0.25, 0.3) is 0 Å². The first-order chi connectivity index (χ1) is 9.15. The maximum absolute atomic E-state index is 11.9. The molecule has 0 bridgehead atoms. The second-order valence-electron chi connectivity index (χ2n) is 5.17. The highest BCUT2D eigenvalue weighted by molar-refractivity contribution is 8.13. The second kappa shape index (κ2) is 7.26. The molecule has 2 saturated heterocycles. The van der Waals surface area contributed by atoms with Crippen molar-refractivity contribution in [2.75, 3.05) is 51.7 Å². The van der Waals surface area contributed by atoms with E-state index in [1.54, 1.807) is 6.92 Å². The van der Waals surface area contributed by atoms with E-state index < -0.39 is 0 Å². The van der Waals surface area contributed by atoms with E-state index >= 15 is 0 Å². The van der Waals surface area contributed by atoms with Gasteiger partial charge in [-0.2, -0.15) is 0 Å². The minimum Gasteiger partial charge on any atom is -0.379 e. The lowest BCUT2D eigenvalue weighted by atomic mass is 10.1. The highest BCUT2D eigenvalue weighted by Gasteiger charge is 2.29. The fourth-order valence-electron chi connectivity index (χ4n) is 2.50. The van der Waals surface area contributed by atoms with Crippen molar-refractivity contribution in [3.05, 3.63) is 0 Å². The second-order valence-corrected chi connectivity index (χ2v) is 6.36. The molecule has 0 aromatic heterocycles. The number of nitrogens with zero attached hydrogens (tertiary/aromatic N) is 2. The van der Waals surface area contributed by atoms with Gasteiger partial charge in [0.05, 0.1) is 13.2 Å². The van der Waals surface area contributed by atoms with Crippen LogP contribution >= 0.6 is 11.8 Å². The largest absolute Gasteiger partial charge is 0.379 e. The van der Waals surface area contributed by atoms with Crippen LogP contribution in [0.1, 0.15) is 13.3 Å². The molecule has 1 amide bonds. The van der Waals surface area contributed by atoms with Gasteiger partial charge in [-0.15, -0.1) is 0 Å². The Bertz CT molecular complexity index is 332. The van der Waals surface area contributed by atoms with Crippen LogP contribution in [0.5, 0.6) is 0 Å². The third-order valence-electron chi connectivity index (χ3n) is 3.61. The van der Waals surface area contributed by atoms with Gasteiger partial charge in [0, 0.05) is 51.8 Å². The van der Waals surface area contributed by atoms with E-state index in [1.807, 2.05) is 4.90 Å². The predicted octanol–water partition coefficient (Wildman–Crippen LogP) is 0.447. The fourth-order valence-corrected chi connectivity index (χ4v) is 3.20. The number of carbonyl (C=O) groups excluding carboxylic acids is 2. The maximum Gasteiger partial charge on any atom is 0.222 e. The molecule has 2 aliphatic heterocycles. The first-order valence-electron chi connectivity index (χ1n) is 6.86. The van der Waals surface area contributed by atoms with Gasteiger partial charge in [0.1, 0.15) is 0 Å². The molecule has 108 valence electrons. The van der Waals surface area contributed by atoms with Crippen LogP contribution in [0.3, 0.4) is 0 Å². The van der Waals surface area contributed by atoms with Crippen molar-refractivity contribution in [1.82, 2.24) is 9.80 Å². The standard InChI is InChI=1S/C13H22N2O3S/c1-11(16)19-10-12-8-13(17)15(9-12)3-2-14-4-6-18-7-5-14/h12H,2-10H2,1H3. The zero-order valence-electron chi connectivity index (χ0n) is 11.5. The molecule has 0 saturated carbocycles. The third kappa shape index (κ3) is 4.78. The van der Waals surface area contributed by atoms with Crippen LogP contribution in [0, 0.1) is 5.92 Å². The van der Waals surface area contributed by atoms with Crippen LogP contribution in [-0.4, -0.2) is 72.5 Å². The number of amides is 1. The molecule has 2 rings (SSSR count). The van der Waals surface area contributed by atoms with Crippen LogP contribution in [0.2, 0.25) is 0 Å². The van der Waals surface area contributed by atoms with Gasteiger partial charge in [-0.3, -0.25) is 14.5 Å². The third-order valence-corrected chi connectivity index (χ3v) is 4.65. The molecule has 1 atom stereocenters. The molecule has 0 aromatic carbocycles. The number of thioether (sulfide) groups is 1. The highest BCUT2D eigenvalue weighted by atomic mass is 32.2. The van der Waals surface area contributed by atoms with Gasteiger partial charge < -0.3 is 9.64 Å². The van der Waals surface area contributed by atoms with Gasteiger partial charge >= 0.3 is 0 Å². The van der Waals surface area contributed by atoms with Crippen molar-refractivity contribution in [2.45, 2.75) is 13.3 Å². The van der Waals surface area contributed by atoms with E-state index in [1.165, 1.54) is 11.8 Å². The Balaban J connectivity index is 1.69. The summed E-state index contributed by atoms with van der Waals surface area (Å²) < 4.78 is 5.31. The highest BCUT2D eigenvalue weighted by Crippen LogP contribution is 2.22. The number of hydrogen-bond donors (Lipinski definition) is 0. The molecule has 2 heterocycles. The number of hydrogen-bond acceptors (Lipinski definition) is 5. The molecule has 6 heteroatoms. The first kappa shape index (κ1) is 14.8. The zero-order chi connectivity index (χ0) is 13.7. The van der Waals surface area contributed by atoms with Gasteiger partial charge in [0.25, 0.3) is 0 Å². The summed E-state index contributed by atoms with van der Waals surface area (Å²) in [5.74, 6) is 1.35. The van der Waals surface area contributed by atoms with Crippen LogP contribution in [0.15, 0.2) is 0 Å². The van der Waals surface area contributed by atoms with Crippen molar-refractivity contribution in [3.63, 3.8) is 0 Å². The number of rotatable bonds is 5. The van der Waals surface area contributed by atoms with Crippen molar-refractivity contribution >= 4 is 22.8 Å². The maximum atomic E-state index is 11.9. The quantitative estimate of drug-likeness (QED) is 0.734. The van der Waals surface area contributed by atoms with Crippen LogP contribution in [-0.2, 0) is 14.3 Å². The monoisotopic (exact) mass is 286 g/mol. The lowest BCUT2D eigenvalue weighted by Gasteiger charge is -2.28. The Morgan fingerprint density at radius 1 is 1.37 bits per heavy atom. The molecule has 2 aliphatic rings. The Morgan fingerprint density at radius 3 is 2.79 bits per heavy atom. The number of likely N-dealkylation sites (tertiary alicyclic amines) is 1. The van der Waals surface area contributed by atoms with E-state index in [9.17, 15) is 9.59 Å². The molecule has 0 aromatic rings. The van der Waals surface area contributed by atoms with Crippen molar-refractivity contribution < 1.29 is 14.3 Å². The molecular weight excluding hydrogens is 264 g/mol. The Morgan fingerprint density at radius 2 is 2.11 bits per heavy atom. The van der Waals surface area contributed by atoms with Crippen molar-refractivity contribution in [1.29, 1.82) is 0 Å². The first-order valence-corrected chi connectivity index (χ1v) is 7.85. The average molecular weight is 286 g/mol. The van der Waals surface area contributed by atoms with Gasteiger partial charge in [-0.1, -0.05) is 11.8 Å². The Labute approximate surface area is 118 Å². The van der Waals surface area contributed by atoms with Gasteiger partial charge in [0.2, 0.25) is 5.91 Å². The summed E-state index contributed by atoms with van der Waals surface area (Å²) in [7, 11) is 0. The molecule has 19 heavy (non-hydrogen) atoms. The molecule has 0 aliphatic carbocycles. The summed E-state index contributed by atoms with van der Waals surface area (Å²) in [5.41, 5.74) is 0. The molecule has 0 spiro atoms. The van der Waals surface area contributed by atoms with E-state index in [0.29, 0.717) is 12.3 Å². The minimum absolute atomic E-state index is 0.138. The summed E-state index contributed by atoms with van der Waals surface area (Å²) in [6.07, 6.45) is 0.601. The predicted molar refractivity (Wildman–Crippen MR) is 75.1 cm³/mol. The summed E-state index contributed by atoms with van der Waals surface area (Å²) in [6, 6.07) is 0. The molecule has 0 N–H and O–H groups in total. The molecule has 1 unspecified atom stereocenters. The lowest BCUT2D eigenvalue weighted by molar-refractivity contribution is -0.128. The Kier molecular flexibility index (Phi) is 5.66. The fraction of sp³-hybridized carbons (Fsp3) is 0.846. The van der Waals surface area contributed by atoms with Gasteiger partial charge in [-0.05, 0) is 5.92 Å². The van der Waals surface area contributed by atoms with Crippen molar-refractivity contribution in [2.24, 2.45) is 5.92 Å². The van der Waals surface area contributed by atoms with E-state index in [2.05, 4.69) is 4.90 Å². The molecule has 2 fully saturated rings. The normalized spacial score (nSPS) is 25.0.